The number of aromatic nitrogens is 2. The van der Waals surface area contributed by atoms with Crippen LogP contribution in [0.1, 0.15) is 42.3 Å². The molecule has 148 valence electrons. The summed E-state index contributed by atoms with van der Waals surface area (Å²) in [5, 5.41) is 0.516. The van der Waals surface area contributed by atoms with Crippen LogP contribution in [-0.4, -0.2) is 14.9 Å². The molecule has 3 rings (SSSR count). The number of nitrogens with zero attached hydrogens (tertiary/aromatic N) is 2. The second-order valence-electron chi connectivity index (χ2n) is 8.41. The second-order valence-corrected chi connectivity index (χ2v) is 9.62. The second kappa shape index (κ2) is 6.85. The van der Waals surface area contributed by atoms with Gasteiger partial charge in [-0.2, -0.15) is 0 Å². The molecule has 0 fully saturated rings. The van der Waals surface area contributed by atoms with Gasteiger partial charge < -0.3 is 0 Å². The Hall–Kier alpha value is -2.47. The Morgan fingerprint density at radius 2 is 1.68 bits per heavy atom. The number of benzene rings is 1. The number of hydrogen-bond donors (Lipinski definition) is 0. The molecule has 0 aliphatic heterocycles. The minimum Gasteiger partial charge on any atom is -0.297 e. The molecule has 0 aliphatic carbocycles. The summed E-state index contributed by atoms with van der Waals surface area (Å²) in [6, 6.07) is 5.52. The molecule has 5 nitrogen and oxygen atoms in total. The first-order chi connectivity index (χ1) is 12.9. The molecule has 2 aromatic heterocycles. The molecule has 0 N–H and O–H groups in total. The number of carbonyl (C=O) groups is 1. The van der Waals surface area contributed by atoms with Gasteiger partial charge in [0, 0.05) is 10.3 Å². The highest BCUT2D eigenvalue weighted by molar-refractivity contribution is 7.18. The van der Waals surface area contributed by atoms with E-state index in [-0.39, 0.29) is 17.9 Å². The Bertz CT molecular complexity index is 1220. The van der Waals surface area contributed by atoms with E-state index in [2.05, 4.69) is 0 Å². The minimum absolute atomic E-state index is 0.0510. The number of Topliss-reactive ketones (excluding diaryl/α,β-unsaturated/α-hetero) is 1. The van der Waals surface area contributed by atoms with Gasteiger partial charge in [0.15, 0.2) is 5.78 Å². The van der Waals surface area contributed by atoms with Gasteiger partial charge in [0.2, 0.25) is 0 Å². The van der Waals surface area contributed by atoms with Crippen LogP contribution in [0.4, 0.5) is 0 Å². The van der Waals surface area contributed by atoms with Gasteiger partial charge in [-0.05, 0) is 56.5 Å². The fourth-order valence-electron chi connectivity index (χ4n) is 3.07. The van der Waals surface area contributed by atoms with E-state index in [1.54, 1.807) is 6.07 Å². The van der Waals surface area contributed by atoms with E-state index >= 15 is 0 Å². The van der Waals surface area contributed by atoms with Gasteiger partial charge in [-0.1, -0.05) is 26.8 Å². The summed E-state index contributed by atoms with van der Waals surface area (Å²) in [5.41, 5.74) is 2.10. The molecule has 0 bridgehead atoms. The standard InChI is InChI=1S/C22H26N2O3S/c1-12-8-9-16(10-13(12)2)24-19(26)18-14(3)15(4)28-20(18)23(21(24)27)11-17(25)22(5,6)7/h8-10H,11H2,1-7H3. The summed E-state index contributed by atoms with van der Waals surface area (Å²) in [6.45, 7) is 13.2. The molecule has 28 heavy (non-hydrogen) atoms. The lowest BCUT2D eigenvalue weighted by Gasteiger charge is -2.19. The Balaban J connectivity index is 2.41. The molecule has 1 aromatic carbocycles. The van der Waals surface area contributed by atoms with Crippen molar-refractivity contribution >= 4 is 27.3 Å². The predicted molar refractivity (Wildman–Crippen MR) is 115 cm³/mol. The number of fused-ring (bicyclic) bond motifs is 1. The molecule has 0 aliphatic rings. The number of carbonyl (C=O) groups excluding carboxylic acids is 1. The maximum absolute atomic E-state index is 13.4. The van der Waals surface area contributed by atoms with E-state index in [1.165, 1.54) is 20.5 Å². The third-order valence-corrected chi connectivity index (χ3v) is 6.57. The molecule has 6 heteroatoms. The number of ketones is 1. The van der Waals surface area contributed by atoms with E-state index in [0.29, 0.717) is 15.9 Å². The number of aryl methyl sites for hydroxylation is 4. The lowest BCUT2D eigenvalue weighted by molar-refractivity contribution is -0.126. The average molecular weight is 399 g/mol. The molecule has 0 radical (unpaired) electrons. The number of rotatable bonds is 3. The van der Waals surface area contributed by atoms with Gasteiger partial charge in [-0.25, -0.2) is 9.36 Å². The van der Waals surface area contributed by atoms with Crippen molar-refractivity contribution in [3.63, 3.8) is 0 Å². The van der Waals surface area contributed by atoms with E-state index in [0.717, 1.165) is 21.6 Å². The van der Waals surface area contributed by atoms with Gasteiger partial charge in [0.1, 0.15) is 4.83 Å². The largest absolute Gasteiger partial charge is 0.337 e. The van der Waals surface area contributed by atoms with Crippen LogP contribution in [0.25, 0.3) is 15.9 Å². The zero-order chi connectivity index (χ0) is 21.0. The lowest BCUT2D eigenvalue weighted by Crippen LogP contribution is -2.41. The highest BCUT2D eigenvalue weighted by Crippen LogP contribution is 2.28. The topological polar surface area (TPSA) is 61.1 Å². The van der Waals surface area contributed by atoms with E-state index in [1.807, 2.05) is 60.6 Å². The Morgan fingerprint density at radius 1 is 1.04 bits per heavy atom. The smallest absolute Gasteiger partial charge is 0.297 e. The van der Waals surface area contributed by atoms with Crippen molar-refractivity contribution in [1.29, 1.82) is 0 Å². The minimum atomic E-state index is -0.575. The molecule has 3 aromatic rings. The van der Waals surface area contributed by atoms with Crippen LogP contribution in [0.5, 0.6) is 0 Å². The lowest BCUT2D eigenvalue weighted by atomic mass is 9.91. The monoisotopic (exact) mass is 398 g/mol. The highest BCUT2D eigenvalue weighted by atomic mass is 32.1. The normalized spacial score (nSPS) is 12.0. The van der Waals surface area contributed by atoms with Crippen molar-refractivity contribution in [1.82, 2.24) is 9.13 Å². The highest BCUT2D eigenvalue weighted by Gasteiger charge is 2.26. The van der Waals surface area contributed by atoms with Crippen molar-refractivity contribution in [3.8, 4) is 5.69 Å². The van der Waals surface area contributed by atoms with Gasteiger partial charge in [-0.15, -0.1) is 11.3 Å². The molecular weight excluding hydrogens is 372 g/mol. The first kappa shape index (κ1) is 20.3. The van der Waals surface area contributed by atoms with Crippen LogP contribution in [0.3, 0.4) is 0 Å². The molecule has 0 saturated heterocycles. The van der Waals surface area contributed by atoms with Crippen LogP contribution in [0.15, 0.2) is 27.8 Å². The zero-order valence-electron chi connectivity index (χ0n) is 17.5. The quantitative estimate of drug-likeness (QED) is 0.668. The average Bonchev–Trinajstić information content (AvgIpc) is 2.89. The summed E-state index contributed by atoms with van der Waals surface area (Å²) < 4.78 is 2.66. The third kappa shape index (κ3) is 3.26. The van der Waals surface area contributed by atoms with Crippen LogP contribution >= 0.6 is 11.3 Å². The third-order valence-electron chi connectivity index (χ3n) is 5.34. The van der Waals surface area contributed by atoms with Crippen LogP contribution < -0.4 is 11.2 Å². The Labute approximate surface area is 168 Å². The van der Waals surface area contributed by atoms with E-state index in [9.17, 15) is 14.4 Å². The summed E-state index contributed by atoms with van der Waals surface area (Å²) in [7, 11) is 0. The maximum Gasteiger partial charge on any atom is 0.337 e. The van der Waals surface area contributed by atoms with Crippen molar-refractivity contribution in [3.05, 3.63) is 60.6 Å². The zero-order valence-corrected chi connectivity index (χ0v) is 18.3. The van der Waals surface area contributed by atoms with E-state index in [4.69, 9.17) is 0 Å². The van der Waals surface area contributed by atoms with Gasteiger partial charge in [-0.3, -0.25) is 14.2 Å². The van der Waals surface area contributed by atoms with Gasteiger partial charge >= 0.3 is 5.69 Å². The molecule has 0 amide bonds. The first-order valence-electron chi connectivity index (χ1n) is 9.30. The molecule has 0 atom stereocenters. The summed E-state index contributed by atoms with van der Waals surface area (Å²) in [4.78, 5) is 40.9. The Morgan fingerprint density at radius 3 is 2.25 bits per heavy atom. The van der Waals surface area contributed by atoms with Crippen molar-refractivity contribution in [2.75, 3.05) is 0 Å². The van der Waals surface area contributed by atoms with Crippen molar-refractivity contribution in [2.24, 2.45) is 5.41 Å². The first-order valence-corrected chi connectivity index (χ1v) is 10.1. The number of hydrogen-bond acceptors (Lipinski definition) is 4. The summed E-state index contributed by atoms with van der Waals surface area (Å²) >= 11 is 1.39. The van der Waals surface area contributed by atoms with Crippen molar-refractivity contribution in [2.45, 2.75) is 55.0 Å². The molecule has 0 saturated carbocycles. The summed E-state index contributed by atoms with van der Waals surface area (Å²) in [6.07, 6.45) is 0. The maximum atomic E-state index is 13.4. The SMILES string of the molecule is Cc1ccc(-n2c(=O)c3c(C)c(C)sc3n(CC(=O)C(C)(C)C)c2=O)cc1C. The fourth-order valence-corrected chi connectivity index (χ4v) is 4.21. The van der Waals surface area contributed by atoms with Gasteiger partial charge in [0.25, 0.3) is 5.56 Å². The van der Waals surface area contributed by atoms with Crippen LogP contribution in [0, 0.1) is 33.1 Å². The fraction of sp³-hybridized carbons (Fsp3) is 0.409. The molecule has 2 heterocycles. The van der Waals surface area contributed by atoms with Crippen LogP contribution in [0.2, 0.25) is 0 Å². The summed E-state index contributed by atoms with van der Waals surface area (Å²) in [5.74, 6) is -0.0510. The van der Waals surface area contributed by atoms with Crippen LogP contribution in [-0.2, 0) is 11.3 Å². The molecule has 0 spiro atoms. The number of thiophene rings is 1. The Kier molecular flexibility index (Phi) is 4.96. The van der Waals surface area contributed by atoms with Crippen molar-refractivity contribution < 1.29 is 4.79 Å². The molecular formula is C22H26N2O3S. The van der Waals surface area contributed by atoms with Gasteiger partial charge in [0.05, 0.1) is 17.6 Å². The predicted octanol–water partition coefficient (Wildman–Crippen LogP) is 4.06. The molecule has 0 unspecified atom stereocenters. The van der Waals surface area contributed by atoms with E-state index < -0.39 is 11.1 Å².